The number of carbonyl (C=O) groups excluding carboxylic acids is 1. The molecular weight excluding hydrogens is 428 g/mol. The number of rotatable bonds is 8. The Hall–Kier alpha value is -3.16. The van der Waals surface area contributed by atoms with Crippen LogP contribution in [0.1, 0.15) is 87.4 Å². The molecular formula is C26H34N6O2. The van der Waals surface area contributed by atoms with Gasteiger partial charge in [-0.3, -0.25) is 9.48 Å². The first-order valence-electron chi connectivity index (χ1n) is 12.5. The van der Waals surface area contributed by atoms with Crippen LogP contribution < -0.4 is 10.6 Å². The predicted molar refractivity (Wildman–Crippen MR) is 132 cm³/mol. The van der Waals surface area contributed by atoms with Crippen LogP contribution in [-0.2, 0) is 0 Å². The fourth-order valence-corrected chi connectivity index (χ4v) is 4.55. The third-order valence-corrected chi connectivity index (χ3v) is 6.93. The molecule has 2 aliphatic carbocycles. The highest BCUT2D eigenvalue weighted by Gasteiger charge is 2.24. The zero-order valence-electron chi connectivity index (χ0n) is 20.3. The Labute approximate surface area is 200 Å². The molecule has 0 atom stereocenters. The minimum absolute atomic E-state index is 0.199. The van der Waals surface area contributed by atoms with Crippen LogP contribution in [0.4, 0.5) is 11.5 Å². The van der Waals surface area contributed by atoms with Gasteiger partial charge < -0.3 is 15.1 Å². The number of pyridine rings is 1. The zero-order valence-corrected chi connectivity index (χ0v) is 20.3. The number of carbonyl (C=O) groups is 1. The molecule has 2 N–H and O–H groups in total. The van der Waals surface area contributed by atoms with Gasteiger partial charge in [-0.15, -0.1) is 0 Å². The van der Waals surface area contributed by atoms with E-state index in [1.54, 1.807) is 6.20 Å². The van der Waals surface area contributed by atoms with Gasteiger partial charge in [-0.05, 0) is 68.4 Å². The number of oxazole rings is 1. The molecule has 3 aromatic heterocycles. The minimum Gasteiger partial charge on any atom is -0.444 e. The summed E-state index contributed by atoms with van der Waals surface area (Å²) < 4.78 is 7.70. The van der Waals surface area contributed by atoms with Gasteiger partial charge in [0.1, 0.15) is 12.1 Å². The number of nitrogens with zero attached hydrogens (tertiary/aromatic N) is 4. The Balaban J connectivity index is 1.29. The summed E-state index contributed by atoms with van der Waals surface area (Å²) in [5.41, 5.74) is 2.68. The molecule has 2 saturated carbocycles. The van der Waals surface area contributed by atoms with E-state index < -0.39 is 0 Å². The van der Waals surface area contributed by atoms with Crippen LogP contribution in [0.25, 0.3) is 11.5 Å². The second-order valence-corrected chi connectivity index (χ2v) is 10.2. The lowest BCUT2D eigenvalue weighted by Crippen LogP contribution is -2.17. The first kappa shape index (κ1) is 22.6. The molecule has 1 amide bonds. The van der Waals surface area contributed by atoms with Crippen LogP contribution in [0.15, 0.2) is 35.2 Å². The largest absolute Gasteiger partial charge is 0.444 e. The Bertz CT molecular complexity index is 1140. The van der Waals surface area contributed by atoms with E-state index in [1.165, 1.54) is 31.9 Å². The van der Waals surface area contributed by atoms with Gasteiger partial charge in [-0.1, -0.05) is 20.8 Å². The molecule has 3 aromatic rings. The normalized spacial score (nSPS) is 20.5. The second-order valence-electron chi connectivity index (χ2n) is 10.2. The van der Waals surface area contributed by atoms with E-state index in [4.69, 9.17) is 9.52 Å². The highest BCUT2D eigenvalue weighted by molar-refractivity contribution is 6.03. The Morgan fingerprint density at radius 1 is 1.21 bits per heavy atom. The van der Waals surface area contributed by atoms with E-state index in [2.05, 4.69) is 46.1 Å². The second kappa shape index (κ2) is 9.60. The van der Waals surface area contributed by atoms with Crippen LogP contribution in [0.2, 0.25) is 0 Å². The topological polar surface area (TPSA) is 97.9 Å². The Kier molecular flexibility index (Phi) is 6.39. The number of nitrogens with one attached hydrogen (secondary N) is 2. The Morgan fingerprint density at radius 3 is 2.74 bits per heavy atom. The van der Waals surface area contributed by atoms with Crippen LogP contribution in [-0.4, -0.2) is 32.2 Å². The SMILES string of the molecule is CC(C)c1nn([C@H]2CC[C@@H](C)CC2)cc1NC(=O)c1coc(-c2ccnc(NCC3CC3)c2)n1. The van der Waals surface area contributed by atoms with Gasteiger partial charge >= 0.3 is 0 Å². The highest BCUT2D eigenvalue weighted by Crippen LogP contribution is 2.34. The summed E-state index contributed by atoms with van der Waals surface area (Å²) in [5.74, 6) is 2.63. The van der Waals surface area contributed by atoms with Gasteiger partial charge in [0.2, 0.25) is 5.89 Å². The third-order valence-electron chi connectivity index (χ3n) is 6.93. The number of amides is 1. The lowest BCUT2D eigenvalue weighted by Gasteiger charge is -2.26. The van der Waals surface area contributed by atoms with Gasteiger partial charge in [0, 0.05) is 24.5 Å². The summed E-state index contributed by atoms with van der Waals surface area (Å²) in [7, 11) is 0. The van der Waals surface area contributed by atoms with Crippen molar-refractivity contribution in [2.24, 2.45) is 11.8 Å². The van der Waals surface area contributed by atoms with Crippen molar-refractivity contribution in [2.45, 2.75) is 71.3 Å². The molecule has 3 heterocycles. The van der Waals surface area contributed by atoms with E-state index in [1.807, 2.05) is 18.3 Å². The van der Waals surface area contributed by atoms with Gasteiger partial charge in [-0.25, -0.2) is 9.97 Å². The van der Waals surface area contributed by atoms with Crippen molar-refractivity contribution in [3.8, 4) is 11.5 Å². The van der Waals surface area contributed by atoms with E-state index in [0.717, 1.165) is 54.0 Å². The average Bonchev–Trinajstić information content (AvgIpc) is 3.35. The molecule has 34 heavy (non-hydrogen) atoms. The minimum atomic E-state index is -0.296. The van der Waals surface area contributed by atoms with Crippen molar-refractivity contribution in [1.82, 2.24) is 19.7 Å². The molecule has 0 aliphatic heterocycles. The quantitative estimate of drug-likeness (QED) is 0.434. The van der Waals surface area contributed by atoms with Crippen LogP contribution >= 0.6 is 0 Å². The van der Waals surface area contributed by atoms with Gasteiger partial charge in [0.25, 0.3) is 5.91 Å². The van der Waals surface area contributed by atoms with Gasteiger partial charge in [-0.2, -0.15) is 5.10 Å². The van der Waals surface area contributed by atoms with Crippen molar-refractivity contribution >= 4 is 17.4 Å². The van der Waals surface area contributed by atoms with Crippen molar-refractivity contribution in [3.05, 3.63) is 42.2 Å². The van der Waals surface area contributed by atoms with E-state index in [0.29, 0.717) is 11.9 Å². The number of anilines is 2. The van der Waals surface area contributed by atoms with Gasteiger partial charge in [0.05, 0.1) is 17.4 Å². The third kappa shape index (κ3) is 5.16. The number of aromatic nitrogens is 4. The number of hydrogen-bond donors (Lipinski definition) is 2. The Morgan fingerprint density at radius 2 is 2.00 bits per heavy atom. The molecule has 8 heteroatoms. The smallest absolute Gasteiger partial charge is 0.277 e. The molecule has 0 spiro atoms. The summed E-state index contributed by atoms with van der Waals surface area (Å²) in [4.78, 5) is 21.8. The first-order chi connectivity index (χ1) is 16.5. The van der Waals surface area contributed by atoms with Crippen molar-refractivity contribution in [2.75, 3.05) is 17.2 Å². The lowest BCUT2D eigenvalue weighted by atomic mass is 9.87. The standard InChI is InChI=1S/C26H34N6O2/c1-16(2)24-21(14-32(31-24)20-8-4-17(3)5-9-20)29-25(33)22-15-34-26(30-22)19-10-11-27-23(12-19)28-13-18-6-7-18/h10-12,14-18,20H,4-9,13H2,1-3H3,(H,27,28)(H,29,33)/t17-,20+. The summed E-state index contributed by atoms with van der Waals surface area (Å²) >= 11 is 0. The fraction of sp³-hybridized carbons (Fsp3) is 0.538. The van der Waals surface area contributed by atoms with Crippen molar-refractivity contribution in [1.29, 1.82) is 0 Å². The highest BCUT2D eigenvalue weighted by atomic mass is 16.3. The maximum absolute atomic E-state index is 13.0. The predicted octanol–water partition coefficient (Wildman–Crippen LogP) is 5.88. The fourth-order valence-electron chi connectivity index (χ4n) is 4.55. The molecule has 0 saturated heterocycles. The molecule has 0 unspecified atom stereocenters. The van der Waals surface area contributed by atoms with E-state index in [9.17, 15) is 4.79 Å². The maximum atomic E-state index is 13.0. The molecule has 0 aromatic carbocycles. The maximum Gasteiger partial charge on any atom is 0.277 e. The molecule has 2 aliphatic rings. The molecule has 8 nitrogen and oxygen atoms in total. The summed E-state index contributed by atoms with van der Waals surface area (Å²) in [6.07, 6.45) is 12.4. The average molecular weight is 463 g/mol. The molecule has 5 rings (SSSR count). The molecule has 2 fully saturated rings. The van der Waals surface area contributed by atoms with E-state index >= 15 is 0 Å². The van der Waals surface area contributed by atoms with Crippen molar-refractivity contribution < 1.29 is 9.21 Å². The molecule has 0 radical (unpaired) electrons. The summed E-state index contributed by atoms with van der Waals surface area (Å²) in [5, 5.41) is 11.2. The monoisotopic (exact) mass is 462 g/mol. The molecule has 180 valence electrons. The summed E-state index contributed by atoms with van der Waals surface area (Å²) in [6, 6.07) is 4.14. The van der Waals surface area contributed by atoms with Crippen LogP contribution in [0.3, 0.4) is 0 Å². The lowest BCUT2D eigenvalue weighted by molar-refractivity contribution is 0.102. The zero-order chi connectivity index (χ0) is 23.7. The molecule has 0 bridgehead atoms. The van der Waals surface area contributed by atoms with Crippen molar-refractivity contribution in [3.63, 3.8) is 0 Å². The van der Waals surface area contributed by atoms with Crippen LogP contribution in [0, 0.1) is 11.8 Å². The van der Waals surface area contributed by atoms with Crippen LogP contribution in [0.5, 0.6) is 0 Å². The number of hydrogen-bond acceptors (Lipinski definition) is 6. The van der Waals surface area contributed by atoms with E-state index in [-0.39, 0.29) is 17.5 Å². The van der Waals surface area contributed by atoms with Gasteiger partial charge in [0.15, 0.2) is 5.69 Å². The summed E-state index contributed by atoms with van der Waals surface area (Å²) in [6.45, 7) is 7.44. The first-order valence-corrected chi connectivity index (χ1v) is 12.5.